The summed E-state index contributed by atoms with van der Waals surface area (Å²) in [5.74, 6) is 2.53. The number of benzene rings is 1. The zero-order valence-electron chi connectivity index (χ0n) is 6.99. The second-order valence-electron chi connectivity index (χ2n) is 2.66. The van der Waals surface area contributed by atoms with Crippen LogP contribution in [0.4, 0.5) is 0 Å². The number of hydroxylamine groups is 2. The Bertz CT molecular complexity index is 282. The molecule has 0 aromatic heterocycles. The normalized spacial score (nSPS) is 9.83. The van der Waals surface area contributed by atoms with Crippen molar-refractivity contribution >= 4 is 0 Å². The van der Waals surface area contributed by atoms with Crippen molar-refractivity contribution < 1.29 is 5.21 Å². The molecule has 1 N–H and O–H groups in total. The van der Waals surface area contributed by atoms with Gasteiger partial charge < -0.3 is 5.21 Å². The summed E-state index contributed by atoms with van der Waals surface area (Å²) in [4.78, 5) is 0. The van der Waals surface area contributed by atoms with E-state index in [0.29, 0.717) is 6.54 Å². The third kappa shape index (κ3) is 2.39. The molecule has 62 valence electrons. The first-order chi connectivity index (χ1) is 5.72. The maximum Gasteiger partial charge on any atom is 0.0485 e. The van der Waals surface area contributed by atoms with Crippen molar-refractivity contribution in [3.05, 3.63) is 35.4 Å². The highest BCUT2D eigenvalue weighted by atomic mass is 16.5. The predicted octanol–water partition coefficient (Wildman–Crippen LogP) is 1.49. The van der Waals surface area contributed by atoms with Gasteiger partial charge in [0.2, 0.25) is 0 Å². The summed E-state index contributed by atoms with van der Waals surface area (Å²) in [6.45, 7) is 0.519. The molecule has 1 aromatic carbocycles. The Labute approximate surface area is 72.4 Å². The Kier molecular flexibility index (Phi) is 2.87. The zero-order valence-corrected chi connectivity index (χ0v) is 6.99. The minimum absolute atomic E-state index is 0.519. The molecule has 0 fully saturated rings. The molecule has 0 bridgehead atoms. The van der Waals surface area contributed by atoms with Crippen molar-refractivity contribution in [3.63, 3.8) is 0 Å². The highest BCUT2D eigenvalue weighted by Gasteiger charge is 1.94. The van der Waals surface area contributed by atoms with Crippen LogP contribution in [0.5, 0.6) is 0 Å². The molecule has 0 spiro atoms. The van der Waals surface area contributed by atoms with Gasteiger partial charge in [0, 0.05) is 19.2 Å². The van der Waals surface area contributed by atoms with Crippen LogP contribution >= 0.6 is 0 Å². The average Bonchev–Trinajstić information content (AvgIpc) is 2.05. The van der Waals surface area contributed by atoms with Crippen LogP contribution < -0.4 is 0 Å². The first-order valence-corrected chi connectivity index (χ1v) is 3.68. The SMILES string of the molecule is C#Cc1ccc(CN(C)O)cc1. The van der Waals surface area contributed by atoms with Gasteiger partial charge >= 0.3 is 0 Å². The molecule has 0 radical (unpaired) electrons. The maximum absolute atomic E-state index is 8.93. The third-order valence-corrected chi connectivity index (χ3v) is 1.53. The van der Waals surface area contributed by atoms with E-state index < -0.39 is 0 Å². The van der Waals surface area contributed by atoms with Crippen LogP contribution in [0.3, 0.4) is 0 Å². The first kappa shape index (κ1) is 8.79. The molecule has 0 heterocycles. The van der Waals surface area contributed by atoms with Gasteiger partial charge in [0.25, 0.3) is 0 Å². The van der Waals surface area contributed by atoms with E-state index in [2.05, 4.69) is 5.92 Å². The number of rotatable bonds is 2. The van der Waals surface area contributed by atoms with Crippen LogP contribution in [0.15, 0.2) is 24.3 Å². The standard InChI is InChI=1S/C10H11NO/c1-3-9-4-6-10(7-5-9)8-11(2)12/h1,4-7,12H,8H2,2H3. The fourth-order valence-electron chi connectivity index (χ4n) is 0.971. The van der Waals surface area contributed by atoms with Gasteiger partial charge in [-0.25, -0.2) is 0 Å². The van der Waals surface area contributed by atoms with E-state index in [-0.39, 0.29) is 0 Å². The van der Waals surface area contributed by atoms with Gasteiger partial charge in [0.05, 0.1) is 0 Å². The summed E-state index contributed by atoms with van der Waals surface area (Å²) >= 11 is 0. The molecule has 0 unspecified atom stereocenters. The Morgan fingerprint density at radius 2 is 2.00 bits per heavy atom. The molecule has 2 nitrogen and oxygen atoms in total. The Morgan fingerprint density at radius 1 is 1.42 bits per heavy atom. The minimum atomic E-state index is 0.519. The van der Waals surface area contributed by atoms with Crippen molar-refractivity contribution in [2.24, 2.45) is 0 Å². The molecule has 0 aliphatic heterocycles. The lowest BCUT2D eigenvalue weighted by Gasteiger charge is -2.07. The molecular weight excluding hydrogens is 150 g/mol. The summed E-state index contributed by atoms with van der Waals surface area (Å²) in [6.07, 6.45) is 5.19. The molecule has 1 rings (SSSR count). The molecule has 0 saturated heterocycles. The van der Waals surface area contributed by atoms with Crippen molar-refractivity contribution in [1.29, 1.82) is 0 Å². The molecule has 2 heteroatoms. The minimum Gasteiger partial charge on any atom is -0.314 e. The summed E-state index contributed by atoms with van der Waals surface area (Å²) < 4.78 is 0. The lowest BCUT2D eigenvalue weighted by atomic mass is 10.1. The van der Waals surface area contributed by atoms with E-state index in [0.717, 1.165) is 16.2 Å². The van der Waals surface area contributed by atoms with Crippen molar-refractivity contribution in [2.75, 3.05) is 7.05 Å². The maximum atomic E-state index is 8.93. The largest absolute Gasteiger partial charge is 0.314 e. The Balaban J connectivity index is 2.73. The van der Waals surface area contributed by atoms with E-state index in [9.17, 15) is 0 Å². The fraction of sp³-hybridized carbons (Fsp3) is 0.200. The fourth-order valence-corrected chi connectivity index (χ4v) is 0.971. The monoisotopic (exact) mass is 161 g/mol. The first-order valence-electron chi connectivity index (χ1n) is 3.68. The highest BCUT2D eigenvalue weighted by molar-refractivity contribution is 5.34. The summed E-state index contributed by atoms with van der Waals surface area (Å²) in [6, 6.07) is 7.53. The van der Waals surface area contributed by atoms with E-state index in [1.807, 2.05) is 24.3 Å². The number of nitrogens with zero attached hydrogens (tertiary/aromatic N) is 1. The molecule has 0 atom stereocenters. The smallest absolute Gasteiger partial charge is 0.0485 e. The molecular formula is C10H11NO. The lowest BCUT2D eigenvalue weighted by Crippen LogP contribution is -2.11. The Morgan fingerprint density at radius 3 is 2.42 bits per heavy atom. The highest BCUT2D eigenvalue weighted by Crippen LogP contribution is 2.04. The lowest BCUT2D eigenvalue weighted by molar-refractivity contribution is -0.0731. The van der Waals surface area contributed by atoms with Crippen LogP contribution in [0.25, 0.3) is 0 Å². The van der Waals surface area contributed by atoms with Gasteiger partial charge in [-0.3, -0.25) is 0 Å². The number of hydrogen-bond acceptors (Lipinski definition) is 2. The van der Waals surface area contributed by atoms with Gasteiger partial charge in [-0.2, -0.15) is 5.06 Å². The van der Waals surface area contributed by atoms with E-state index in [4.69, 9.17) is 11.6 Å². The summed E-state index contributed by atoms with van der Waals surface area (Å²) in [5.41, 5.74) is 1.90. The van der Waals surface area contributed by atoms with Crippen LogP contribution in [0.1, 0.15) is 11.1 Å². The topological polar surface area (TPSA) is 23.5 Å². The number of terminal acetylenes is 1. The van der Waals surface area contributed by atoms with Gasteiger partial charge in [-0.1, -0.05) is 18.1 Å². The molecule has 12 heavy (non-hydrogen) atoms. The van der Waals surface area contributed by atoms with Crippen molar-refractivity contribution in [2.45, 2.75) is 6.54 Å². The molecule has 0 saturated carbocycles. The molecule has 0 amide bonds. The van der Waals surface area contributed by atoms with Gasteiger partial charge in [0.1, 0.15) is 0 Å². The molecule has 0 aliphatic rings. The summed E-state index contributed by atoms with van der Waals surface area (Å²) in [7, 11) is 1.61. The van der Waals surface area contributed by atoms with Crippen LogP contribution in [0.2, 0.25) is 0 Å². The third-order valence-electron chi connectivity index (χ3n) is 1.53. The van der Waals surface area contributed by atoms with Gasteiger partial charge in [-0.15, -0.1) is 6.42 Å². The van der Waals surface area contributed by atoms with Gasteiger partial charge in [0.15, 0.2) is 0 Å². The van der Waals surface area contributed by atoms with E-state index in [1.54, 1.807) is 7.05 Å². The average molecular weight is 161 g/mol. The second kappa shape index (κ2) is 3.91. The van der Waals surface area contributed by atoms with Crippen LogP contribution in [-0.2, 0) is 6.54 Å². The quantitative estimate of drug-likeness (QED) is 0.524. The number of hydrogen-bond donors (Lipinski definition) is 1. The molecule has 1 aromatic rings. The Hall–Kier alpha value is -1.30. The van der Waals surface area contributed by atoms with Crippen molar-refractivity contribution in [1.82, 2.24) is 5.06 Å². The van der Waals surface area contributed by atoms with E-state index in [1.165, 1.54) is 0 Å². The van der Waals surface area contributed by atoms with Gasteiger partial charge in [-0.05, 0) is 17.7 Å². The molecule has 0 aliphatic carbocycles. The second-order valence-corrected chi connectivity index (χ2v) is 2.66. The van der Waals surface area contributed by atoms with Crippen LogP contribution in [-0.4, -0.2) is 17.3 Å². The summed E-state index contributed by atoms with van der Waals surface area (Å²) in [5, 5.41) is 10.1. The van der Waals surface area contributed by atoms with Crippen molar-refractivity contribution in [3.8, 4) is 12.3 Å². The zero-order chi connectivity index (χ0) is 8.97. The predicted molar refractivity (Wildman–Crippen MR) is 47.6 cm³/mol. The van der Waals surface area contributed by atoms with E-state index >= 15 is 0 Å². The van der Waals surface area contributed by atoms with Crippen LogP contribution in [0, 0.1) is 12.3 Å².